The Kier molecular flexibility index (Phi) is 7.41. The number of hydrogen-bond donors (Lipinski definition) is 2. The van der Waals surface area contributed by atoms with Crippen LogP contribution in [0.1, 0.15) is 49.3 Å². The lowest BCUT2D eigenvalue weighted by Crippen LogP contribution is -2.23. The van der Waals surface area contributed by atoms with Crippen molar-refractivity contribution in [3.8, 4) is 0 Å². The Hall–Kier alpha value is -3.07. The third kappa shape index (κ3) is 4.75. The van der Waals surface area contributed by atoms with E-state index in [1.54, 1.807) is 11.8 Å². The molecule has 8 nitrogen and oxygen atoms in total. The van der Waals surface area contributed by atoms with Crippen LogP contribution in [0, 0.1) is 0 Å². The number of fused-ring (bicyclic) bond motifs is 2. The maximum absolute atomic E-state index is 4.97. The molecule has 3 heterocycles. The molecule has 0 radical (unpaired) electrons. The molecule has 0 fully saturated rings. The fourth-order valence-corrected chi connectivity index (χ4v) is 5.01. The Morgan fingerprint density at radius 2 is 1.21 bits per heavy atom. The summed E-state index contributed by atoms with van der Waals surface area (Å²) in [5, 5.41) is 9.03. The van der Waals surface area contributed by atoms with E-state index in [1.165, 1.54) is 5.56 Å². The van der Waals surface area contributed by atoms with Gasteiger partial charge >= 0.3 is 0 Å². The first-order valence-corrected chi connectivity index (χ1v) is 12.6. The summed E-state index contributed by atoms with van der Waals surface area (Å²) < 4.78 is 0. The zero-order chi connectivity index (χ0) is 24.2. The van der Waals surface area contributed by atoms with Gasteiger partial charge in [-0.1, -0.05) is 44.2 Å². The zero-order valence-electron chi connectivity index (χ0n) is 20.9. The molecule has 0 saturated carbocycles. The predicted octanol–water partition coefficient (Wildman–Crippen LogP) is 4.69. The van der Waals surface area contributed by atoms with E-state index in [9.17, 15) is 0 Å². The van der Waals surface area contributed by atoms with Crippen molar-refractivity contribution in [1.82, 2.24) is 19.9 Å². The largest absolute Gasteiger partial charge is 0.370 e. The highest BCUT2D eigenvalue weighted by Crippen LogP contribution is 2.52. The van der Waals surface area contributed by atoms with Gasteiger partial charge in [-0.3, -0.25) is 0 Å². The Morgan fingerprint density at radius 3 is 1.62 bits per heavy atom. The quantitative estimate of drug-likeness (QED) is 0.333. The fourth-order valence-electron chi connectivity index (χ4n) is 3.92. The van der Waals surface area contributed by atoms with Gasteiger partial charge in [0.05, 0.1) is 0 Å². The molecule has 0 amide bonds. The molecule has 3 aromatic rings. The fraction of sp³-hybridized carbons (Fsp3) is 0.440. The van der Waals surface area contributed by atoms with Crippen LogP contribution in [-0.2, 0) is 0 Å². The van der Waals surface area contributed by atoms with Gasteiger partial charge in [-0.15, -0.1) is 0 Å². The highest BCUT2D eigenvalue weighted by Gasteiger charge is 2.36. The lowest BCUT2D eigenvalue weighted by Gasteiger charge is -2.31. The van der Waals surface area contributed by atoms with Crippen molar-refractivity contribution < 1.29 is 0 Å². The molecule has 4 rings (SSSR count). The first-order valence-electron chi connectivity index (χ1n) is 11.8. The van der Waals surface area contributed by atoms with E-state index in [0.717, 1.165) is 58.7 Å². The highest BCUT2D eigenvalue weighted by atomic mass is 32.2. The minimum absolute atomic E-state index is 0.0846. The van der Waals surface area contributed by atoms with Crippen molar-refractivity contribution in [2.24, 2.45) is 0 Å². The second-order valence-electron chi connectivity index (χ2n) is 8.77. The van der Waals surface area contributed by atoms with Crippen LogP contribution < -0.4 is 20.4 Å². The molecule has 0 bridgehead atoms. The van der Waals surface area contributed by atoms with E-state index in [1.807, 2.05) is 44.1 Å². The summed E-state index contributed by atoms with van der Waals surface area (Å²) in [5.41, 5.74) is 3.35. The van der Waals surface area contributed by atoms with E-state index < -0.39 is 0 Å². The first kappa shape index (κ1) is 24.1. The van der Waals surface area contributed by atoms with Crippen LogP contribution in [0.3, 0.4) is 0 Å². The Balaban J connectivity index is 2.01. The number of anilines is 4. The van der Waals surface area contributed by atoms with Gasteiger partial charge in [-0.2, -0.15) is 9.97 Å². The average molecular weight is 479 g/mol. The molecule has 0 saturated heterocycles. The molecule has 180 valence electrons. The molecule has 1 aromatic carbocycles. The minimum atomic E-state index is -0.0846. The van der Waals surface area contributed by atoms with Gasteiger partial charge in [0.2, 0.25) is 11.9 Å². The van der Waals surface area contributed by atoms with Crippen LogP contribution in [0.15, 0.2) is 40.4 Å². The Labute approximate surface area is 206 Å². The van der Waals surface area contributed by atoms with Crippen LogP contribution in [-0.4, -0.2) is 61.2 Å². The molecule has 0 atom stereocenters. The standard InChI is InChI=1S/C25H34N8S/c1-7-14-26-20-18-17(16-12-10-9-11-13-16)19-21(27-15-8-2)29-25(33(5)6)31-23(19)34-22(18)30-24(28-20)32(3)4/h9-13,17H,7-8,14-15H2,1-6H3,(H,26,28,30)(H,27,29,31). The first-order chi connectivity index (χ1) is 16.4. The van der Waals surface area contributed by atoms with Crippen molar-refractivity contribution in [3.05, 3.63) is 47.0 Å². The SMILES string of the molecule is CCCNc1nc(N(C)C)nc2c1C(c1ccccc1)c1c(NCCC)nc(N(C)C)nc1S2. The van der Waals surface area contributed by atoms with Crippen LogP contribution >= 0.6 is 11.8 Å². The van der Waals surface area contributed by atoms with E-state index >= 15 is 0 Å². The summed E-state index contributed by atoms with van der Waals surface area (Å²) in [6, 6.07) is 10.5. The van der Waals surface area contributed by atoms with Crippen molar-refractivity contribution >= 4 is 35.3 Å². The molecular formula is C25H34N8S. The van der Waals surface area contributed by atoms with Crippen LogP contribution in [0.2, 0.25) is 0 Å². The molecule has 34 heavy (non-hydrogen) atoms. The van der Waals surface area contributed by atoms with Crippen molar-refractivity contribution in [1.29, 1.82) is 0 Å². The number of rotatable bonds is 9. The highest BCUT2D eigenvalue weighted by molar-refractivity contribution is 7.99. The van der Waals surface area contributed by atoms with Crippen LogP contribution in [0.25, 0.3) is 0 Å². The lowest BCUT2D eigenvalue weighted by atomic mass is 9.86. The summed E-state index contributed by atoms with van der Waals surface area (Å²) in [4.78, 5) is 23.7. The number of nitrogens with one attached hydrogen (secondary N) is 2. The second-order valence-corrected chi connectivity index (χ2v) is 9.75. The van der Waals surface area contributed by atoms with Crippen molar-refractivity contribution in [2.45, 2.75) is 42.7 Å². The van der Waals surface area contributed by atoms with Gasteiger partial charge in [0.1, 0.15) is 21.7 Å². The molecular weight excluding hydrogens is 444 g/mol. The maximum Gasteiger partial charge on any atom is 0.227 e. The topological polar surface area (TPSA) is 82.1 Å². The lowest BCUT2D eigenvalue weighted by molar-refractivity contribution is 0.792. The van der Waals surface area contributed by atoms with Gasteiger partial charge in [-0.05, 0) is 30.2 Å². The smallest absolute Gasteiger partial charge is 0.227 e. The maximum atomic E-state index is 4.97. The Morgan fingerprint density at radius 1 is 0.735 bits per heavy atom. The Bertz CT molecular complexity index is 1060. The summed E-state index contributed by atoms with van der Waals surface area (Å²) in [6.45, 7) is 6.00. The van der Waals surface area contributed by atoms with Crippen LogP contribution in [0.5, 0.6) is 0 Å². The van der Waals surface area contributed by atoms with E-state index in [2.05, 4.69) is 48.7 Å². The van der Waals surface area contributed by atoms with E-state index in [4.69, 9.17) is 19.9 Å². The normalized spacial score (nSPS) is 12.6. The predicted molar refractivity (Wildman–Crippen MR) is 142 cm³/mol. The zero-order valence-corrected chi connectivity index (χ0v) is 21.7. The molecule has 2 aromatic heterocycles. The molecule has 1 aliphatic rings. The molecule has 0 unspecified atom stereocenters. The van der Waals surface area contributed by atoms with Crippen molar-refractivity contribution in [2.75, 3.05) is 61.7 Å². The minimum Gasteiger partial charge on any atom is -0.370 e. The monoisotopic (exact) mass is 478 g/mol. The van der Waals surface area contributed by atoms with Gasteiger partial charge in [-0.25, -0.2) is 9.97 Å². The number of hydrogen-bond acceptors (Lipinski definition) is 9. The van der Waals surface area contributed by atoms with Gasteiger partial charge in [0.15, 0.2) is 0 Å². The van der Waals surface area contributed by atoms with E-state index in [0.29, 0.717) is 11.9 Å². The number of nitrogens with zero attached hydrogens (tertiary/aromatic N) is 6. The molecule has 0 aliphatic carbocycles. The summed E-state index contributed by atoms with van der Waals surface area (Å²) >= 11 is 1.60. The van der Waals surface area contributed by atoms with Gasteiger partial charge in [0.25, 0.3) is 0 Å². The molecule has 1 aliphatic heterocycles. The summed E-state index contributed by atoms with van der Waals surface area (Å²) in [7, 11) is 7.89. The molecule has 2 N–H and O–H groups in total. The van der Waals surface area contributed by atoms with Crippen LogP contribution in [0.4, 0.5) is 23.5 Å². The van der Waals surface area contributed by atoms with E-state index in [-0.39, 0.29) is 5.92 Å². The average Bonchev–Trinajstić information content (AvgIpc) is 2.84. The molecule has 0 spiro atoms. The molecule has 9 heteroatoms. The summed E-state index contributed by atoms with van der Waals surface area (Å²) in [6.07, 6.45) is 2.02. The van der Waals surface area contributed by atoms with Crippen molar-refractivity contribution in [3.63, 3.8) is 0 Å². The number of benzene rings is 1. The van der Waals surface area contributed by atoms with Gasteiger partial charge < -0.3 is 20.4 Å². The number of aromatic nitrogens is 4. The second kappa shape index (κ2) is 10.5. The van der Waals surface area contributed by atoms with Gasteiger partial charge in [0, 0.05) is 58.3 Å². The third-order valence-electron chi connectivity index (χ3n) is 5.59. The third-order valence-corrected chi connectivity index (χ3v) is 6.60. The summed E-state index contributed by atoms with van der Waals surface area (Å²) in [5.74, 6) is 3.04.